The number of hydrogen-bond donors (Lipinski definition) is 1. The normalized spacial score (nSPS) is 61.8. The average Bonchev–Trinajstić information content (AvgIpc) is 2.57. The van der Waals surface area contributed by atoms with Crippen molar-refractivity contribution in [3.05, 3.63) is 12.2 Å². The number of ketones is 2. The van der Waals surface area contributed by atoms with Crippen molar-refractivity contribution in [2.45, 2.75) is 51.2 Å². The number of carbonyl (C=O) groups excluding carboxylic acids is 2. The lowest BCUT2D eigenvalue weighted by Crippen LogP contribution is -2.70. The highest BCUT2D eigenvalue weighted by atomic mass is 16.3. The Morgan fingerprint density at radius 3 is 2.76 bits per heavy atom. The highest BCUT2D eigenvalue weighted by Gasteiger charge is 2.83. The fraction of sp³-hybridized carbons (Fsp3) is 0.810. The Hall–Kier alpha value is -1.00. The molecule has 4 heteroatoms. The van der Waals surface area contributed by atoms with Crippen molar-refractivity contribution in [2.75, 3.05) is 13.6 Å². The van der Waals surface area contributed by atoms with Gasteiger partial charge in [0.1, 0.15) is 11.6 Å². The first kappa shape index (κ1) is 15.1. The van der Waals surface area contributed by atoms with Crippen LogP contribution in [0, 0.1) is 39.9 Å². The van der Waals surface area contributed by atoms with Gasteiger partial charge in [0, 0.05) is 42.2 Å². The van der Waals surface area contributed by atoms with Gasteiger partial charge in [-0.3, -0.25) is 9.59 Å². The van der Waals surface area contributed by atoms with Crippen LogP contribution >= 0.6 is 0 Å². The molecule has 9 unspecified atom stereocenters. The van der Waals surface area contributed by atoms with Crippen LogP contribution in [0.1, 0.15) is 39.0 Å². The quantitative estimate of drug-likeness (QED) is 0.683. The van der Waals surface area contributed by atoms with Gasteiger partial charge in [0.15, 0.2) is 0 Å². The standard InChI is InChI=1S/C21H27NO3/c1-10-5-20-8-13(24)17-19(2)6-11(23)7-21(17)14(20)4-12(10)16(25)15(20)18(21)22(3)9-19/h11-12,14-15,17-18,23H,1,4-9H2,2-3H3. The molecule has 7 rings (SSSR count). The zero-order valence-corrected chi connectivity index (χ0v) is 15.1. The van der Waals surface area contributed by atoms with E-state index in [0.717, 1.165) is 31.4 Å². The second kappa shape index (κ2) is 3.96. The molecule has 0 aromatic carbocycles. The Morgan fingerprint density at radius 1 is 1.24 bits per heavy atom. The average molecular weight is 341 g/mol. The molecular formula is C21H27NO3. The van der Waals surface area contributed by atoms with Crippen molar-refractivity contribution < 1.29 is 14.7 Å². The largest absolute Gasteiger partial charge is 0.393 e. The fourth-order valence-electron chi connectivity index (χ4n) is 9.63. The van der Waals surface area contributed by atoms with Gasteiger partial charge in [-0.15, -0.1) is 0 Å². The predicted octanol–water partition coefficient (Wildman–Crippen LogP) is 1.82. The number of rotatable bonds is 0. The maximum absolute atomic E-state index is 13.5. The van der Waals surface area contributed by atoms with Crippen LogP contribution in [-0.4, -0.2) is 47.3 Å². The molecule has 0 amide bonds. The molecule has 0 aromatic heterocycles. The molecule has 134 valence electrons. The number of likely N-dealkylation sites (tertiary alicyclic amines) is 1. The Labute approximate surface area is 148 Å². The van der Waals surface area contributed by atoms with Gasteiger partial charge in [-0.2, -0.15) is 0 Å². The molecule has 9 atom stereocenters. The number of aliphatic hydroxyl groups excluding tert-OH is 1. The second-order valence-corrected chi connectivity index (χ2v) is 10.6. The van der Waals surface area contributed by atoms with Crippen LogP contribution < -0.4 is 0 Å². The van der Waals surface area contributed by atoms with Crippen LogP contribution in [0.2, 0.25) is 0 Å². The van der Waals surface area contributed by atoms with Crippen LogP contribution in [-0.2, 0) is 9.59 Å². The summed E-state index contributed by atoms with van der Waals surface area (Å²) in [5.74, 6) is 1.17. The molecule has 0 aromatic rings. The zero-order valence-electron chi connectivity index (χ0n) is 15.1. The molecule has 1 aliphatic heterocycles. The summed E-state index contributed by atoms with van der Waals surface area (Å²) in [6.07, 6.45) is 3.40. The second-order valence-electron chi connectivity index (χ2n) is 10.6. The van der Waals surface area contributed by atoms with Gasteiger partial charge < -0.3 is 10.0 Å². The minimum atomic E-state index is -0.336. The van der Waals surface area contributed by atoms with E-state index in [-0.39, 0.29) is 46.1 Å². The van der Waals surface area contributed by atoms with E-state index in [1.54, 1.807) is 0 Å². The van der Waals surface area contributed by atoms with E-state index < -0.39 is 0 Å². The summed E-state index contributed by atoms with van der Waals surface area (Å²) in [5, 5.41) is 10.8. The van der Waals surface area contributed by atoms with E-state index in [1.165, 1.54) is 0 Å². The number of Topliss-reactive ketones (excluding diaryl/α,β-unsaturated/α-hetero) is 2. The summed E-state index contributed by atoms with van der Waals surface area (Å²) in [6, 6.07) is 0.141. The predicted molar refractivity (Wildman–Crippen MR) is 91.6 cm³/mol. The van der Waals surface area contributed by atoms with Crippen LogP contribution in [0.4, 0.5) is 0 Å². The summed E-state index contributed by atoms with van der Waals surface area (Å²) in [6.45, 7) is 7.27. The maximum Gasteiger partial charge on any atom is 0.145 e. The number of aliphatic hydroxyl groups is 1. The minimum absolute atomic E-state index is 0.00410. The lowest BCUT2D eigenvalue weighted by molar-refractivity contribution is -0.201. The first-order valence-electron chi connectivity index (χ1n) is 9.87. The summed E-state index contributed by atoms with van der Waals surface area (Å²) in [7, 11) is 2.16. The molecule has 6 bridgehead atoms. The fourth-order valence-corrected chi connectivity index (χ4v) is 9.63. The maximum atomic E-state index is 13.5. The van der Waals surface area contributed by atoms with Gasteiger partial charge in [0.25, 0.3) is 0 Å². The van der Waals surface area contributed by atoms with E-state index >= 15 is 0 Å². The molecule has 1 N–H and O–H groups in total. The molecule has 1 saturated heterocycles. The number of nitrogens with zero attached hydrogens (tertiary/aromatic N) is 1. The van der Waals surface area contributed by atoms with Crippen molar-refractivity contribution in [3.63, 3.8) is 0 Å². The van der Waals surface area contributed by atoms with Gasteiger partial charge in [-0.1, -0.05) is 19.1 Å². The third-order valence-corrected chi connectivity index (χ3v) is 9.44. The Balaban J connectivity index is 1.67. The Kier molecular flexibility index (Phi) is 2.39. The van der Waals surface area contributed by atoms with Gasteiger partial charge >= 0.3 is 0 Å². The van der Waals surface area contributed by atoms with E-state index in [1.807, 2.05) is 0 Å². The van der Waals surface area contributed by atoms with Gasteiger partial charge in [0.2, 0.25) is 0 Å². The minimum Gasteiger partial charge on any atom is -0.393 e. The van der Waals surface area contributed by atoms with Gasteiger partial charge in [-0.05, 0) is 49.5 Å². The Bertz CT molecular complexity index is 760. The third kappa shape index (κ3) is 1.31. The van der Waals surface area contributed by atoms with E-state index in [9.17, 15) is 14.7 Å². The van der Waals surface area contributed by atoms with Crippen molar-refractivity contribution in [1.29, 1.82) is 0 Å². The van der Waals surface area contributed by atoms with E-state index in [0.29, 0.717) is 30.3 Å². The summed E-state index contributed by atoms with van der Waals surface area (Å²) in [4.78, 5) is 29.3. The summed E-state index contributed by atoms with van der Waals surface area (Å²) in [5.41, 5.74) is 0.529. The molecule has 7 fully saturated rings. The first-order valence-corrected chi connectivity index (χ1v) is 9.87. The van der Waals surface area contributed by atoms with Crippen LogP contribution in [0.5, 0.6) is 0 Å². The third-order valence-electron chi connectivity index (χ3n) is 9.44. The lowest BCUT2D eigenvalue weighted by atomic mass is 9.39. The highest BCUT2D eigenvalue weighted by molar-refractivity contribution is 5.95. The zero-order chi connectivity index (χ0) is 17.5. The number of piperidine rings is 1. The van der Waals surface area contributed by atoms with Crippen molar-refractivity contribution in [3.8, 4) is 0 Å². The molecule has 2 spiro atoms. The molecule has 25 heavy (non-hydrogen) atoms. The molecule has 4 nitrogen and oxygen atoms in total. The first-order chi connectivity index (χ1) is 11.7. The van der Waals surface area contributed by atoms with Crippen molar-refractivity contribution in [2.24, 2.45) is 39.9 Å². The van der Waals surface area contributed by atoms with E-state index in [2.05, 4.69) is 25.5 Å². The van der Waals surface area contributed by atoms with Crippen LogP contribution in [0.25, 0.3) is 0 Å². The smallest absolute Gasteiger partial charge is 0.145 e. The lowest BCUT2D eigenvalue weighted by Gasteiger charge is -2.66. The molecule has 0 radical (unpaired) electrons. The summed E-state index contributed by atoms with van der Waals surface area (Å²) >= 11 is 0. The number of hydrogen-bond acceptors (Lipinski definition) is 4. The van der Waals surface area contributed by atoms with Crippen LogP contribution in [0.15, 0.2) is 12.2 Å². The van der Waals surface area contributed by atoms with Crippen LogP contribution in [0.3, 0.4) is 0 Å². The highest BCUT2D eigenvalue weighted by Crippen LogP contribution is 2.81. The Morgan fingerprint density at radius 2 is 2.00 bits per heavy atom. The molecular weight excluding hydrogens is 314 g/mol. The molecule has 6 saturated carbocycles. The van der Waals surface area contributed by atoms with Crippen molar-refractivity contribution in [1.82, 2.24) is 4.90 Å². The molecule has 7 aliphatic rings. The van der Waals surface area contributed by atoms with E-state index in [4.69, 9.17) is 0 Å². The topological polar surface area (TPSA) is 57.6 Å². The molecule has 6 aliphatic carbocycles. The van der Waals surface area contributed by atoms with Crippen molar-refractivity contribution >= 4 is 11.6 Å². The van der Waals surface area contributed by atoms with Gasteiger partial charge in [0.05, 0.1) is 6.10 Å². The monoisotopic (exact) mass is 341 g/mol. The number of allylic oxidation sites excluding steroid dienone is 1. The van der Waals surface area contributed by atoms with Gasteiger partial charge in [-0.25, -0.2) is 0 Å². The molecule has 1 heterocycles. The SMILES string of the molecule is C=C1CC23CC(=O)C4C5(C)CC(O)CC46C(C2C(=O)C1CC36)N(C)C5. The number of carbonyl (C=O) groups is 2. The number of fused-ring (bicyclic) bond motifs is 1. The summed E-state index contributed by atoms with van der Waals surface area (Å²) < 4.78 is 0.